The maximum Gasteiger partial charge on any atom is 0.255 e. The first-order chi connectivity index (χ1) is 13.1. The van der Waals surface area contributed by atoms with Gasteiger partial charge in [-0.1, -0.05) is 18.2 Å². The first-order valence-corrected chi connectivity index (χ1v) is 9.00. The number of aliphatic hydroxyl groups excluding tert-OH is 1. The van der Waals surface area contributed by atoms with Gasteiger partial charge in [-0.25, -0.2) is 4.68 Å². The van der Waals surface area contributed by atoms with E-state index in [0.717, 1.165) is 11.4 Å². The summed E-state index contributed by atoms with van der Waals surface area (Å²) in [7, 11) is 0. The molecule has 0 spiro atoms. The van der Waals surface area contributed by atoms with Crippen molar-refractivity contribution in [3.05, 3.63) is 60.0 Å². The zero-order valence-corrected chi connectivity index (χ0v) is 15.1. The van der Waals surface area contributed by atoms with Crippen LogP contribution in [0, 0.1) is 12.8 Å². The first kappa shape index (κ1) is 17.5. The molecule has 2 unspecified atom stereocenters. The van der Waals surface area contributed by atoms with Gasteiger partial charge in [-0.15, -0.1) is 0 Å². The van der Waals surface area contributed by atoms with E-state index < -0.39 is 6.10 Å². The van der Waals surface area contributed by atoms with Gasteiger partial charge < -0.3 is 20.2 Å². The van der Waals surface area contributed by atoms with Gasteiger partial charge in [0.2, 0.25) is 0 Å². The molecule has 1 amide bonds. The molecule has 7 nitrogen and oxygen atoms in total. The summed E-state index contributed by atoms with van der Waals surface area (Å²) in [6, 6.07) is 13.3. The molecule has 1 aliphatic rings. The molecule has 0 bridgehead atoms. The third kappa shape index (κ3) is 3.65. The summed E-state index contributed by atoms with van der Waals surface area (Å²) >= 11 is 0. The molecule has 1 fully saturated rings. The topological polar surface area (TPSA) is 92.3 Å². The van der Waals surface area contributed by atoms with Gasteiger partial charge in [-0.2, -0.15) is 5.10 Å². The summed E-state index contributed by atoms with van der Waals surface area (Å²) in [5.41, 5.74) is 1.79. The molecular formula is C20H22N4O3. The van der Waals surface area contributed by atoms with Crippen LogP contribution in [-0.4, -0.2) is 46.5 Å². The lowest BCUT2D eigenvalue weighted by atomic mass is 10.1. The molecule has 140 valence electrons. The van der Waals surface area contributed by atoms with Gasteiger partial charge in [-0.05, 0) is 31.2 Å². The van der Waals surface area contributed by atoms with Crippen molar-refractivity contribution in [1.82, 2.24) is 20.4 Å². The summed E-state index contributed by atoms with van der Waals surface area (Å²) in [5.74, 6) is 1.08. The number of nitrogens with zero attached hydrogens (tertiary/aromatic N) is 2. The largest absolute Gasteiger partial charge is 0.460 e. The van der Waals surface area contributed by atoms with Crippen LogP contribution < -0.4 is 10.6 Å². The number of benzene rings is 1. The lowest BCUT2D eigenvalue weighted by Gasteiger charge is -2.13. The van der Waals surface area contributed by atoms with Crippen LogP contribution in [0.3, 0.4) is 0 Å². The van der Waals surface area contributed by atoms with E-state index in [0.29, 0.717) is 36.7 Å². The fraction of sp³-hybridized carbons (Fsp3) is 0.300. The van der Waals surface area contributed by atoms with Crippen LogP contribution in [0.1, 0.15) is 16.1 Å². The number of hydrogen-bond donors (Lipinski definition) is 3. The first-order valence-electron chi connectivity index (χ1n) is 9.00. The quantitative estimate of drug-likeness (QED) is 0.640. The number of hydrogen-bond acceptors (Lipinski definition) is 5. The van der Waals surface area contributed by atoms with Gasteiger partial charge >= 0.3 is 0 Å². The molecule has 0 radical (unpaired) electrons. The SMILES string of the molecule is Cc1ccc(-c2nn(-c3ccccc3)cc2C(=O)NCC2CNCC2O)o1. The van der Waals surface area contributed by atoms with E-state index >= 15 is 0 Å². The molecule has 3 heterocycles. The molecule has 7 heteroatoms. The highest BCUT2D eigenvalue weighted by molar-refractivity contribution is 5.99. The molecule has 2 atom stereocenters. The monoisotopic (exact) mass is 366 g/mol. The Morgan fingerprint density at radius 1 is 1.30 bits per heavy atom. The average Bonchev–Trinajstić information content (AvgIpc) is 3.40. The van der Waals surface area contributed by atoms with E-state index in [1.165, 1.54) is 0 Å². The van der Waals surface area contributed by atoms with Crippen molar-refractivity contribution in [2.75, 3.05) is 19.6 Å². The fourth-order valence-electron chi connectivity index (χ4n) is 3.24. The van der Waals surface area contributed by atoms with Gasteiger partial charge in [0, 0.05) is 31.7 Å². The molecule has 4 rings (SSSR count). The Labute approximate surface area is 157 Å². The van der Waals surface area contributed by atoms with Crippen molar-refractivity contribution in [3.63, 3.8) is 0 Å². The zero-order valence-electron chi connectivity index (χ0n) is 15.1. The highest BCUT2D eigenvalue weighted by atomic mass is 16.3. The van der Waals surface area contributed by atoms with Crippen molar-refractivity contribution in [1.29, 1.82) is 0 Å². The van der Waals surface area contributed by atoms with Gasteiger partial charge in [0.25, 0.3) is 5.91 Å². The van der Waals surface area contributed by atoms with E-state index in [1.54, 1.807) is 10.9 Å². The Bertz CT molecular complexity index is 932. The second kappa shape index (κ2) is 7.38. The number of carbonyl (C=O) groups excluding carboxylic acids is 1. The average molecular weight is 366 g/mol. The maximum absolute atomic E-state index is 12.8. The molecule has 3 N–H and O–H groups in total. The van der Waals surface area contributed by atoms with E-state index in [-0.39, 0.29) is 11.8 Å². The number of aryl methyl sites for hydroxylation is 1. The second-order valence-electron chi connectivity index (χ2n) is 6.78. The number of nitrogens with one attached hydrogen (secondary N) is 2. The summed E-state index contributed by atoms with van der Waals surface area (Å²) < 4.78 is 7.37. The Balaban J connectivity index is 1.63. The lowest BCUT2D eigenvalue weighted by molar-refractivity contribution is 0.0927. The molecule has 2 aromatic heterocycles. The van der Waals surface area contributed by atoms with Crippen LogP contribution in [-0.2, 0) is 0 Å². The summed E-state index contributed by atoms with van der Waals surface area (Å²) in [6.45, 7) is 3.50. The Kier molecular flexibility index (Phi) is 4.79. The predicted octanol–water partition coefficient (Wildman–Crippen LogP) is 1.75. The van der Waals surface area contributed by atoms with E-state index in [4.69, 9.17) is 4.42 Å². The molecule has 1 aliphatic heterocycles. The number of para-hydroxylation sites is 1. The minimum atomic E-state index is -0.440. The minimum absolute atomic E-state index is 0.00688. The van der Waals surface area contributed by atoms with Crippen LogP contribution in [0.25, 0.3) is 17.1 Å². The highest BCUT2D eigenvalue weighted by Gasteiger charge is 2.26. The Hall–Kier alpha value is -2.90. The number of carbonyl (C=O) groups is 1. The zero-order chi connectivity index (χ0) is 18.8. The maximum atomic E-state index is 12.8. The van der Waals surface area contributed by atoms with Crippen LogP contribution in [0.4, 0.5) is 0 Å². The van der Waals surface area contributed by atoms with Gasteiger partial charge in [0.1, 0.15) is 11.5 Å². The number of aliphatic hydroxyl groups is 1. The summed E-state index contributed by atoms with van der Waals surface area (Å²) in [6.07, 6.45) is 1.27. The molecule has 1 aromatic carbocycles. The number of furan rings is 1. The summed E-state index contributed by atoms with van der Waals surface area (Å²) in [5, 5.41) is 20.5. The van der Waals surface area contributed by atoms with Gasteiger partial charge in [0.05, 0.1) is 17.4 Å². The Morgan fingerprint density at radius 2 is 2.11 bits per heavy atom. The van der Waals surface area contributed by atoms with E-state index in [9.17, 15) is 9.90 Å². The van der Waals surface area contributed by atoms with Crippen molar-refractivity contribution in [2.45, 2.75) is 13.0 Å². The van der Waals surface area contributed by atoms with Crippen molar-refractivity contribution >= 4 is 5.91 Å². The molecule has 27 heavy (non-hydrogen) atoms. The standard InChI is InChI=1S/C20H22N4O3/c1-13-7-8-18(27-13)19-16(12-24(23-19)15-5-3-2-4-6-15)20(26)22-10-14-9-21-11-17(14)25/h2-8,12,14,17,21,25H,9-11H2,1H3,(H,22,26). The third-order valence-corrected chi connectivity index (χ3v) is 4.78. The van der Waals surface area contributed by atoms with E-state index in [2.05, 4.69) is 15.7 Å². The molecule has 3 aromatic rings. The number of β-amino-alcohol motifs (C(OH)–C–C–N with tert-alkyl or cyclic N) is 1. The molecular weight excluding hydrogens is 344 g/mol. The lowest BCUT2D eigenvalue weighted by Crippen LogP contribution is -2.34. The highest BCUT2D eigenvalue weighted by Crippen LogP contribution is 2.25. The summed E-state index contributed by atoms with van der Waals surface area (Å²) in [4.78, 5) is 12.8. The van der Waals surface area contributed by atoms with Crippen LogP contribution in [0.5, 0.6) is 0 Å². The van der Waals surface area contributed by atoms with Crippen molar-refractivity contribution in [3.8, 4) is 17.1 Å². The smallest absolute Gasteiger partial charge is 0.255 e. The number of amides is 1. The normalized spacial score (nSPS) is 19.3. The second-order valence-corrected chi connectivity index (χ2v) is 6.78. The number of aromatic nitrogens is 2. The van der Waals surface area contributed by atoms with Crippen LogP contribution in [0.2, 0.25) is 0 Å². The molecule has 1 saturated heterocycles. The van der Waals surface area contributed by atoms with E-state index in [1.807, 2.05) is 49.4 Å². The van der Waals surface area contributed by atoms with Gasteiger partial charge in [0.15, 0.2) is 5.76 Å². The van der Waals surface area contributed by atoms with Crippen LogP contribution >= 0.6 is 0 Å². The predicted molar refractivity (Wildman–Crippen MR) is 101 cm³/mol. The van der Waals surface area contributed by atoms with Crippen molar-refractivity contribution < 1.29 is 14.3 Å². The van der Waals surface area contributed by atoms with Gasteiger partial charge in [-0.3, -0.25) is 4.79 Å². The minimum Gasteiger partial charge on any atom is -0.460 e. The molecule has 0 aliphatic carbocycles. The molecule has 0 saturated carbocycles. The Morgan fingerprint density at radius 3 is 2.78 bits per heavy atom. The third-order valence-electron chi connectivity index (χ3n) is 4.78. The van der Waals surface area contributed by atoms with Crippen molar-refractivity contribution in [2.24, 2.45) is 5.92 Å². The van der Waals surface area contributed by atoms with Crippen LogP contribution in [0.15, 0.2) is 53.1 Å². The fourth-order valence-corrected chi connectivity index (χ4v) is 3.24. The number of rotatable bonds is 5.